The van der Waals surface area contributed by atoms with Crippen LogP contribution < -0.4 is 10.6 Å². The second-order valence-electron chi connectivity index (χ2n) is 5.10. The predicted molar refractivity (Wildman–Crippen MR) is 90.9 cm³/mol. The standard InChI is InChI=1S/C18H15N5/c1-13-4-2-6-15(8-13)22-17-10-18(21-12-20-17)23-16-7-3-5-14(9-16)11-19/h2-10,12H,1H3,(H2,20,21,22,23). The largest absolute Gasteiger partial charge is 0.340 e. The van der Waals surface area contributed by atoms with Crippen LogP contribution in [0.3, 0.4) is 0 Å². The van der Waals surface area contributed by atoms with E-state index in [4.69, 9.17) is 5.26 Å². The molecule has 0 spiro atoms. The molecule has 0 bridgehead atoms. The molecular formula is C18H15N5. The lowest BCUT2D eigenvalue weighted by Crippen LogP contribution is -1.98. The first kappa shape index (κ1) is 14.5. The summed E-state index contributed by atoms with van der Waals surface area (Å²) in [6.45, 7) is 2.04. The van der Waals surface area contributed by atoms with Gasteiger partial charge in [0.2, 0.25) is 0 Å². The Labute approximate surface area is 134 Å². The first-order valence-corrected chi connectivity index (χ1v) is 7.16. The van der Waals surface area contributed by atoms with E-state index in [-0.39, 0.29) is 0 Å². The van der Waals surface area contributed by atoms with Crippen molar-refractivity contribution in [2.45, 2.75) is 6.92 Å². The van der Waals surface area contributed by atoms with E-state index in [2.05, 4.69) is 26.7 Å². The third-order valence-electron chi connectivity index (χ3n) is 3.22. The van der Waals surface area contributed by atoms with Crippen LogP contribution in [0.25, 0.3) is 0 Å². The van der Waals surface area contributed by atoms with Gasteiger partial charge in [-0.15, -0.1) is 0 Å². The molecule has 5 nitrogen and oxygen atoms in total. The van der Waals surface area contributed by atoms with E-state index < -0.39 is 0 Å². The summed E-state index contributed by atoms with van der Waals surface area (Å²) in [6.07, 6.45) is 1.49. The molecule has 23 heavy (non-hydrogen) atoms. The van der Waals surface area contributed by atoms with Crippen LogP contribution in [-0.2, 0) is 0 Å². The van der Waals surface area contributed by atoms with Gasteiger partial charge in [0, 0.05) is 17.4 Å². The van der Waals surface area contributed by atoms with Gasteiger partial charge in [0.1, 0.15) is 18.0 Å². The molecule has 0 aliphatic rings. The first-order valence-electron chi connectivity index (χ1n) is 7.16. The molecule has 3 aromatic rings. The maximum Gasteiger partial charge on any atom is 0.135 e. The molecule has 2 aromatic carbocycles. The minimum atomic E-state index is 0.599. The van der Waals surface area contributed by atoms with Crippen molar-refractivity contribution < 1.29 is 0 Å². The fourth-order valence-electron chi connectivity index (χ4n) is 2.18. The average Bonchev–Trinajstić information content (AvgIpc) is 2.55. The third kappa shape index (κ3) is 3.83. The summed E-state index contributed by atoms with van der Waals surface area (Å²) >= 11 is 0. The third-order valence-corrected chi connectivity index (χ3v) is 3.22. The quantitative estimate of drug-likeness (QED) is 0.757. The molecule has 1 aromatic heterocycles. The average molecular weight is 301 g/mol. The SMILES string of the molecule is Cc1cccc(Nc2cc(Nc3cccc(C#N)c3)ncn2)c1. The Kier molecular flexibility index (Phi) is 4.16. The molecule has 0 atom stereocenters. The lowest BCUT2D eigenvalue weighted by Gasteiger charge is -2.09. The highest BCUT2D eigenvalue weighted by Gasteiger charge is 2.01. The zero-order chi connectivity index (χ0) is 16.1. The number of benzene rings is 2. The number of aromatic nitrogens is 2. The van der Waals surface area contributed by atoms with Crippen LogP contribution in [0.2, 0.25) is 0 Å². The second kappa shape index (κ2) is 6.58. The number of aryl methyl sites for hydroxylation is 1. The molecule has 0 aliphatic heterocycles. The minimum absolute atomic E-state index is 0.599. The fourth-order valence-corrected chi connectivity index (χ4v) is 2.18. The number of nitriles is 1. The highest BCUT2D eigenvalue weighted by Crippen LogP contribution is 2.20. The maximum atomic E-state index is 8.95. The van der Waals surface area contributed by atoms with Gasteiger partial charge in [-0.3, -0.25) is 0 Å². The Morgan fingerprint density at radius 3 is 2.17 bits per heavy atom. The summed E-state index contributed by atoms with van der Waals surface area (Å²) in [4.78, 5) is 8.43. The highest BCUT2D eigenvalue weighted by atomic mass is 15.1. The minimum Gasteiger partial charge on any atom is -0.340 e. The zero-order valence-electron chi connectivity index (χ0n) is 12.6. The van der Waals surface area contributed by atoms with E-state index in [0.29, 0.717) is 17.2 Å². The van der Waals surface area contributed by atoms with Gasteiger partial charge >= 0.3 is 0 Å². The molecule has 2 N–H and O–H groups in total. The van der Waals surface area contributed by atoms with Crippen LogP contribution in [0.15, 0.2) is 60.9 Å². The summed E-state index contributed by atoms with van der Waals surface area (Å²) in [5.74, 6) is 1.36. The van der Waals surface area contributed by atoms with Crippen molar-refractivity contribution in [1.29, 1.82) is 5.26 Å². The summed E-state index contributed by atoms with van der Waals surface area (Å²) in [5, 5.41) is 15.4. The van der Waals surface area contributed by atoms with Gasteiger partial charge in [-0.2, -0.15) is 5.26 Å². The van der Waals surface area contributed by atoms with Gasteiger partial charge in [0.05, 0.1) is 11.6 Å². The lowest BCUT2D eigenvalue weighted by atomic mass is 10.2. The normalized spacial score (nSPS) is 9.91. The summed E-state index contributed by atoms with van der Waals surface area (Å²) in [7, 11) is 0. The van der Waals surface area contributed by atoms with E-state index >= 15 is 0 Å². The molecule has 0 saturated carbocycles. The van der Waals surface area contributed by atoms with Crippen LogP contribution in [0.4, 0.5) is 23.0 Å². The summed E-state index contributed by atoms with van der Waals surface area (Å²) in [6, 6.07) is 19.2. The molecule has 3 rings (SSSR count). The van der Waals surface area contributed by atoms with Gasteiger partial charge in [0.15, 0.2) is 0 Å². The molecule has 112 valence electrons. The van der Waals surface area contributed by atoms with Crippen LogP contribution in [0.5, 0.6) is 0 Å². The molecule has 0 radical (unpaired) electrons. The topological polar surface area (TPSA) is 73.6 Å². The van der Waals surface area contributed by atoms with E-state index in [0.717, 1.165) is 11.4 Å². The smallest absolute Gasteiger partial charge is 0.135 e. The number of hydrogen-bond donors (Lipinski definition) is 2. The molecule has 5 heteroatoms. The van der Waals surface area contributed by atoms with Crippen molar-refractivity contribution in [2.75, 3.05) is 10.6 Å². The van der Waals surface area contributed by atoms with Crippen LogP contribution in [0, 0.1) is 18.3 Å². The molecule has 0 aliphatic carbocycles. The molecular weight excluding hydrogens is 286 g/mol. The van der Waals surface area contributed by atoms with Crippen LogP contribution >= 0.6 is 0 Å². The van der Waals surface area contributed by atoms with E-state index in [9.17, 15) is 0 Å². The maximum absolute atomic E-state index is 8.95. The van der Waals surface area contributed by atoms with Gasteiger partial charge in [-0.05, 0) is 42.8 Å². The Morgan fingerprint density at radius 1 is 0.870 bits per heavy atom. The fraction of sp³-hybridized carbons (Fsp3) is 0.0556. The Balaban J connectivity index is 1.78. The van der Waals surface area contributed by atoms with E-state index in [1.165, 1.54) is 11.9 Å². The molecule has 0 amide bonds. The molecule has 0 saturated heterocycles. The second-order valence-corrected chi connectivity index (χ2v) is 5.10. The molecule has 0 unspecified atom stereocenters. The van der Waals surface area contributed by atoms with Crippen molar-refractivity contribution in [3.8, 4) is 6.07 Å². The zero-order valence-corrected chi connectivity index (χ0v) is 12.6. The Hall–Kier alpha value is -3.39. The van der Waals surface area contributed by atoms with Crippen LogP contribution in [-0.4, -0.2) is 9.97 Å². The lowest BCUT2D eigenvalue weighted by molar-refractivity contribution is 1.17. The van der Waals surface area contributed by atoms with Gasteiger partial charge in [-0.1, -0.05) is 18.2 Å². The Bertz CT molecular complexity index is 867. The van der Waals surface area contributed by atoms with Gasteiger partial charge < -0.3 is 10.6 Å². The summed E-state index contributed by atoms with van der Waals surface area (Å²) in [5.41, 5.74) is 3.56. The number of anilines is 4. The van der Waals surface area contributed by atoms with Crippen molar-refractivity contribution >= 4 is 23.0 Å². The number of hydrogen-bond acceptors (Lipinski definition) is 5. The van der Waals surface area contributed by atoms with Gasteiger partial charge in [-0.25, -0.2) is 9.97 Å². The Morgan fingerprint density at radius 2 is 1.52 bits per heavy atom. The van der Waals surface area contributed by atoms with Gasteiger partial charge in [0.25, 0.3) is 0 Å². The number of nitrogens with zero attached hydrogens (tertiary/aromatic N) is 3. The first-order chi connectivity index (χ1) is 11.2. The van der Waals surface area contributed by atoms with Crippen molar-refractivity contribution in [3.63, 3.8) is 0 Å². The molecule has 0 fully saturated rings. The highest BCUT2D eigenvalue weighted by molar-refractivity contribution is 5.63. The number of nitrogens with one attached hydrogen (secondary N) is 2. The van der Waals surface area contributed by atoms with Crippen molar-refractivity contribution in [2.24, 2.45) is 0 Å². The monoisotopic (exact) mass is 301 g/mol. The summed E-state index contributed by atoms with van der Waals surface area (Å²) < 4.78 is 0. The van der Waals surface area contributed by atoms with E-state index in [1.807, 2.05) is 49.4 Å². The number of rotatable bonds is 4. The predicted octanol–water partition coefficient (Wildman–Crippen LogP) is 4.14. The van der Waals surface area contributed by atoms with Crippen molar-refractivity contribution in [3.05, 3.63) is 72.1 Å². The van der Waals surface area contributed by atoms with E-state index in [1.54, 1.807) is 12.1 Å². The van der Waals surface area contributed by atoms with Crippen LogP contribution in [0.1, 0.15) is 11.1 Å². The molecule has 1 heterocycles. The van der Waals surface area contributed by atoms with Crippen molar-refractivity contribution in [1.82, 2.24) is 9.97 Å².